The fourth-order valence-corrected chi connectivity index (χ4v) is 2.23. The largest absolute Gasteiger partial charge is 0.312 e. The van der Waals surface area contributed by atoms with Crippen LogP contribution < -0.4 is 5.32 Å². The van der Waals surface area contributed by atoms with E-state index in [-0.39, 0.29) is 5.82 Å². The summed E-state index contributed by atoms with van der Waals surface area (Å²) in [7, 11) is 0. The van der Waals surface area contributed by atoms with E-state index in [1.54, 1.807) is 6.07 Å². The number of nitrogens with zero attached hydrogens (tertiary/aromatic N) is 1. The molecule has 1 atom stereocenters. The summed E-state index contributed by atoms with van der Waals surface area (Å²) in [4.78, 5) is 0. The second-order valence-electron chi connectivity index (χ2n) is 4.70. The molecule has 1 aromatic rings. The second-order valence-corrected chi connectivity index (χ2v) is 4.70. The molecule has 94 valence electrons. The van der Waals surface area contributed by atoms with Gasteiger partial charge in [0, 0.05) is 12.1 Å². The molecule has 2 nitrogen and oxygen atoms in total. The van der Waals surface area contributed by atoms with Gasteiger partial charge in [-0.2, -0.15) is 5.26 Å². The summed E-state index contributed by atoms with van der Waals surface area (Å²) in [5.74, 6) is 0.405. The topological polar surface area (TPSA) is 35.8 Å². The molecule has 1 unspecified atom stereocenters. The van der Waals surface area contributed by atoms with Gasteiger partial charge in [-0.3, -0.25) is 0 Å². The fourth-order valence-electron chi connectivity index (χ4n) is 2.23. The predicted molar refractivity (Wildman–Crippen MR) is 69.3 cm³/mol. The molecule has 0 radical (unpaired) electrons. The van der Waals surface area contributed by atoms with E-state index in [0.29, 0.717) is 23.6 Å². The smallest absolute Gasteiger partial charge is 0.127 e. The normalized spacial score (nSPS) is 18.6. The lowest BCUT2D eigenvalue weighted by Crippen LogP contribution is -2.23. The van der Waals surface area contributed by atoms with Gasteiger partial charge >= 0.3 is 0 Å². The highest BCUT2D eigenvalue weighted by molar-refractivity contribution is 5.33. The molecule has 0 spiro atoms. The van der Waals surface area contributed by atoms with Crippen LogP contribution in [0.2, 0.25) is 0 Å². The van der Waals surface area contributed by atoms with Gasteiger partial charge in [-0.1, -0.05) is 12.2 Å². The average molecular weight is 244 g/mol. The minimum atomic E-state index is -0.245. The molecule has 0 amide bonds. The Balaban J connectivity index is 1.86. The van der Waals surface area contributed by atoms with Gasteiger partial charge in [0.1, 0.15) is 5.82 Å². The van der Waals surface area contributed by atoms with Crippen molar-refractivity contribution < 1.29 is 4.39 Å². The molecular weight excluding hydrogens is 227 g/mol. The summed E-state index contributed by atoms with van der Waals surface area (Å²) < 4.78 is 13.5. The maximum Gasteiger partial charge on any atom is 0.127 e. The molecule has 0 bridgehead atoms. The Labute approximate surface area is 107 Å². The van der Waals surface area contributed by atoms with E-state index in [2.05, 4.69) is 17.5 Å². The number of rotatable bonds is 4. The second kappa shape index (κ2) is 6.32. The fraction of sp³-hybridized carbons (Fsp3) is 0.400. The third-order valence-electron chi connectivity index (χ3n) is 3.30. The molecule has 1 N–H and O–H groups in total. The molecule has 2 rings (SSSR count). The Bertz CT molecular complexity index is 474. The Hall–Kier alpha value is -1.66. The van der Waals surface area contributed by atoms with Crippen LogP contribution in [0.4, 0.5) is 4.39 Å². The number of hydrogen-bond donors (Lipinski definition) is 1. The Morgan fingerprint density at radius 2 is 2.28 bits per heavy atom. The van der Waals surface area contributed by atoms with Gasteiger partial charge < -0.3 is 5.32 Å². The lowest BCUT2D eigenvalue weighted by Gasteiger charge is -2.18. The van der Waals surface area contributed by atoms with Gasteiger partial charge in [0.15, 0.2) is 0 Å². The monoisotopic (exact) mass is 244 g/mol. The number of hydrogen-bond acceptors (Lipinski definition) is 2. The number of allylic oxidation sites excluding steroid dienone is 2. The van der Waals surface area contributed by atoms with Crippen molar-refractivity contribution in [2.45, 2.75) is 25.8 Å². The highest BCUT2D eigenvalue weighted by Crippen LogP contribution is 2.17. The van der Waals surface area contributed by atoms with Crippen LogP contribution in [0, 0.1) is 23.1 Å². The zero-order valence-electron chi connectivity index (χ0n) is 10.3. The zero-order chi connectivity index (χ0) is 12.8. The predicted octanol–water partition coefficient (Wildman–Crippen LogP) is 3.14. The van der Waals surface area contributed by atoms with Crippen LogP contribution in [-0.2, 0) is 6.54 Å². The number of halogens is 1. The van der Waals surface area contributed by atoms with Crippen LogP contribution in [-0.4, -0.2) is 6.54 Å². The molecule has 18 heavy (non-hydrogen) atoms. The van der Waals surface area contributed by atoms with Gasteiger partial charge in [-0.15, -0.1) is 0 Å². The lowest BCUT2D eigenvalue weighted by molar-refractivity contribution is 0.437. The third kappa shape index (κ3) is 3.41. The maximum absolute atomic E-state index is 13.5. The molecular formula is C15H17FN2. The molecule has 1 aromatic carbocycles. The summed E-state index contributed by atoms with van der Waals surface area (Å²) in [6.07, 6.45) is 7.88. The van der Waals surface area contributed by atoms with E-state index in [4.69, 9.17) is 5.26 Å². The molecule has 0 saturated heterocycles. The first-order valence-electron chi connectivity index (χ1n) is 6.34. The Kier molecular flexibility index (Phi) is 4.49. The third-order valence-corrected chi connectivity index (χ3v) is 3.30. The summed E-state index contributed by atoms with van der Waals surface area (Å²) in [5.41, 5.74) is 1.08. The van der Waals surface area contributed by atoms with Crippen LogP contribution >= 0.6 is 0 Å². The summed E-state index contributed by atoms with van der Waals surface area (Å²) in [5, 5.41) is 12.1. The minimum absolute atomic E-state index is 0.245. The van der Waals surface area contributed by atoms with E-state index < -0.39 is 0 Å². The zero-order valence-corrected chi connectivity index (χ0v) is 10.3. The van der Waals surface area contributed by atoms with Crippen molar-refractivity contribution in [2.75, 3.05) is 6.54 Å². The lowest BCUT2D eigenvalue weighted by atomic mass is 9.94. The highest BCUT2D eigenvalue weighted by atomic mass is 19.1. The highest BCUT2D eigenvalue weighted by Gasteiger charge is 2.10. The van der Waals surface area contributed by atoms with Crippen molar-refractivity contribution in [1.82, 2.24) is 5.32 Å². The quantitative estimate of drug-likeness (QED) is 0.826. The SMILES string of the molecule is N#Cc1ccc(F)c(CNCC2CC=CCC2)c1. The standard InChI is InChI=1S/C15H17FN2/c16-15-7-6-13(9-17)8-14(15)11-18-10-12-4-2-1-3-5-12/h1-2,6-8,12,18H,3-5,10-11H2. The van der Waals surface area contributed by atoms with Gasteiger partial charge in [0.25, 0.3) is 0 Å². The van der Waals surface area contributed by atoms with Crippen LogP contribution in [0.5, 0.6) is 0 Å². The first-order valence-corrected chi connectivity index (χ1v) is 6.34. The molecule has 1 aliphatic rings. The van der Waals surface area contributed by atoms with Crippen molar-refractivity contribution in [3.63, 3.8) is 0 Å². The number of benzene rings is 1. The Morgan fingerprint density at radius 1 is 1.39 bits per heavy atom. The number of nitriles is 1. The maximum atomic E-state index is 13.5. The van der Waals surface area contributed by atoms with Gasteiger partial charge in [-0.25, -0.2) is 4.39 Å². The first kappa shape index (κ1) is 12.8. The van der Waals surface area contributed by atoms with Gasteiger partial charge in [0.05, 0.1) is 11.6 Å². The van der Waals surface area contributed by atoms with E-state index in [0.717, 1.165) is 19.4 Å². The van der Waals surface area contributed by atoms with Crippen LogP contribution in [0.25, 0.3) is 0 Å². The average Bonchev–Trinajstić information content (AvgIpc) is 2.42. The minimum Gasteiger partial charge on any atom is -0.312 e. The molecule has 0 heterocycles. The van der Waals surface area contributed by atoms with E-state index in [1.807, 2.05) is 6.07 Å². The summed E-state index contributed by atoms with van der Waals surface area (Å²) in [6, 6.07) is 6.51. The van der Waals surface area contributed by atoms with E-state index in [9.17, 15) is 4.39 Å². The summed E-state index contributed by atoms with van der Waals surface area (Å²) >= 11 is 0. The Morgan fingerprint density at radius 3 is 3.00 bits per heavy atom. The number of nitrogens with one attached hydrogen (secondary N) is 1. The molecule has 3 heteroatoms. The summed E-state index contributed by atoms with van der Waals surface area (Å²) in [6.45, 7) is 1.39. The van der Waals surface area contributed by atoms with Crippen molar-refractivity contribution in [2.24, 2.45) is 5.92 Å². The molecule has 0 aromatic heterocycles. The van der Waals surface area contributed by atoms with Gasteiger partial charge in [-0.05, 0) is 49.9 Å². The van der Waals surface area contributed by atoms with Crippen LogP contribution in [0.15, 0.2) is 30.4 Å². The molecule has 0 aliphatic heterocycles. The van der Waals surface area contributed by atoms with Crippen LogP contribution in [0.1, 0.15) is 30.4 Å². The first-order chi connectivity index (χ1) is 8.79. The van der Waals surface area contributed by atoms with E-state index >= 15 is 0 Å². The molecule has 0 fully saturated rings. The van der Waals surface area contributed by atoms with Crippen LogP contribution in [0.3, 0.4) is 0 Å². The molecule has 0 saturated carbocycles. The van der Waals surface area contributed by atoms with Crippen molar-refractivity contribution in [1.29, 1.82) is 5.26 Å². The van der Waals surface area contributed by atoms with E-state index in [1.165, 1.54) is 18.6 Å². The van der Waals surface area contributed by atoms with Crippen molar-refractivity contribution >= 4 is 0 Å². The van der Waals surface area contributed by atoms with Crippen molar-refractivity contribution in [3.05, 3.63) is 47.3 Å². The van der Waals surface area contributed by atoms with Crippen molar-refractivity contribution in [3.8, 4) is 6.07 Å². The molecule has 1 aliphatic carbocycles. The van der Waals surface area contributed by atoms with Gasteiger partial charge in [0.2, 0.25) is 0 Å².